The van der Waals surface area contributed by atoms with E-state index in [0.717, 1.165) is 30.4 Å². The van der Waals surface area contributed by atoms with Gasteiger partial charge in [0.1, 0.15) is 12.4 Å². The molecule has 1 aromatic rings. The molecule has 1 unspecified atom stereocenters. The van der Waals surface area contributed by atoms with Crippen LogP contribution in [0, 0.1) is 5.92 Å². The molecule has 1 aliphatic heterocycles. The number of methoxy groups -OCH3 is 1. The fourth-order valence-corrected chi connectivity index (χ4v) is 2.27. The minimum Gasteiger partial charge on any atom is -0.491 e. The lowest BCUT2D eigenvalue weighted by Gasteiger charge is -2.23. The molecule has 0 spiro atoms. The van der Waals surface area contributed by atoms with Crippen LogP contribution in [0.3, 0.4) is 0 Å². The lowest BCUT2D eigenvalue weighted by molar-refractivity contribution is 0.146. The SMILES string of the molecule is COCCOc1ccc(NCC2CCCNC2)cc1. The first-order chi connectivity index (χ1) is 9.38. The highest BCUT2D eigenvalue weighted by Crippen LogP contribution is 2.17. The molecule has 1 saturated heterocycles. The van der Waals surface area contributed by atoms with E-state index in [-0.39, 0.29) is 0 Å². The molecule has 0 amide bonds. The fourth-order valence-electron chi connectivity index (χ4n) is 2.27. The summed E-state index contributed by atoms with van der Waals surface area (Å²) in [6.07, 6.45) is 2.61. The summed E-state index contributed by atoms with van der Waals surface area (Å²) in [5.41, 5.74) is 1.16. The van der Waals surface area contributed by atoms with Gasteiger partial charge in [0, 0.05) is 19.3 Å². The molecule has 1 fully saturated rings. The Morgan fingerprint density at radius 2 is 2.11 bits per heavy atom. The molecule has 2 rings (SSSR count). The molecule has 19 heavy (non-hydrogen) atoms. The highest BCUT2D eigenvalue weighted by Gasteiger charge is 2.12. The molecule has 4 heteroatoms. The highest BCUT2D eigenvalue weighted by molar-refractivity contribution is 5.46. The molecule has 0 radical (unpaired) electrons. The lowest BCUT2D eigenvalue weighted by atomic mass is 10.00. The average molecular weight is 264 g/mol. The Hall–Kier alpha value is -1.26. The van der Waals surface area contributed by atoms with E-state index in [9.17, 15) is 0 Å². The van der Waals surface area contributed by atoms with Crippen LogP contribution in [0.25, 0.3) is 0 Å². The van der Waals surface area contributed by atoms with Crippen LogP contribution in [0.4, 0.5) is 5.69 Å². The molecular formula is C15H24N2O2. The Morgan fingerprint density at radius 3 is 2.79 bits per heavy atom. The van der Waals surface area contributed by atoms with Crippen molar-refractivity contribution in [3.8, 4) is 5.75 Å². The number of hydrogen-bond donors (Lipinski definition) is 2. The topological polar surface area (TPSA) is 42.5 Å². The minimum atomic E-state index is 0.594. The van der Waals surface area contributed by atoms with Crippen molar-refractivity contribution < 1.29 is 9.47 Å². The van der Waals surface area contributed by atoms with Crippen LogP contribution in [0.1, 0.15) is 12.8 Å². The van der Waals surface area contributed by atoms with Gasteiger partial charge in [0.25, 0.3) is 0 Å². The molecule has 2 N–H and O–H groups in total. The average Bonchev–Trinajstić information content (AvgIpc) is 2.48. The summed E-state index contributed by atoms with van der Waals surface area (Å²) in [7, 11) is 1.68. The van der Waals surface area contributed by atoms with Crippen molar-refractivity contribution in [1.29, 1.82) is 0 Å². The fraction of sp³-hybridized carbons (Fsp3) is 0.600. The van der Waals surface area contributed by atoms with Crippen LogP contribution in [-0.2, 0) is 4.74 Å². The Bertz CT molecular complexity index is 348. The van der Waals surface area contributed by atoms with E-state index >= 15 is 0 Å². The standard InChI is InChI=1S/C15H24N2O2/c1-18-9-10-19-15-6-4-14(5-7-15)17-12-13-3-2-8-16-11-13/h4-7,13,16-17H,2-3,8-12H2,1H3. The van der Waals surface area contributed by atoms with Gasteiger partial charge in [-0.2, -0.15) is 0 Å². The van der Waals surface area contributed by atoms with E-state index in [4.69, 9.17) is 9.47 Å². The first-order valence-corrected chi connectivity index (χ1v) is 7.05. The van der Waals surface area contributed by atoms with Crippen molar-refractivity contribution in [3.63, 3.8) is 0 Å². The maximum Gasteiger partial charge on any atom is 0.119 e. The molecule has 106 valence electrons. The minimum absolute atomic E-state index is 0.594. The summed E-state index contributed by atoms with van der Waals surface area (Å²) in [6.45, 7) is 4.55. The Morgan fingerprint density at radius 1 is 1.26 bits per heavy atom. The van der Waals surface area contributed by atoms with Crippen LogP contribution >= 0.6 is 0 Å². The van der Waals surface area contributed by atoms with Crippen molar-refractivity contribution in [2.45, 2.75) is 12.8 Å². The smallest absolute Gasteiger partial charge is 0.119 e. The number of hydrogen-bond acceptors (Lipinski definition) is 4. The van der Waals surface area contributed by atoms with E-state index in [0.29, 0.717) is 13.2 Å². The second-order valence-electron chi connectivity index (χ2n) is 4.96. The van der Waals surface area contributed by atoms with Gasteiger partial charge in [0.05, 0.1) is 6.61 Å². The van der Waals surface area contributed by atoms with Crippen molar-refractivity contribution in [1.82, 2.24) is 5.32 Å². The first-order valence-electron chi connectivity index (χ1n) is 7.05. The van der Waals surface area contributed by atoms with Crippen molar-refractivity contribution in [2.75, 3.05) is 45.3 Å². The molecular weight excluding hydrogens is 240 g/mol. The summed E-state index contributed by atoms with van der Waals surface area (Å²) < 4.78 is 10.5. The maximum absolute atomic E-state index is 5.53. The van der Waals surface area contributed by atoms with Gasteiger partial charge in [-0.05, 0) is 56.1 Å². The molecule has 1 heterocycles. The maximum atomic E-state index is 5.53. The van der Waals surface area contributed by atoms with E-state index in [1.54, 1.807) is 7.11 Å². The number of nitrogens with one attached hydrogen (secondary N) is 2. The first kappa shape index (κ1) is 14.2. The zero-order chi connectivity index (χ0) is 13.3. The molecule has 0 bridgehead atoms. The van der Waals surface area contributed by atoms with Crippen LogP contribution in [0.5, 0.6) is 5.75 Å². The molecule has 1 aliphatic rings. The second kappa shape index (κ2) is 8.02. The Kier molecular flexibility index (Phi) is 5.98. The highest BCUT2D eigenvalue weighted by atomic mass is 16.5. The van der Waals surface area contributed by atoms with Crippen LogP contribution < -0.4 is 15.4 Å². The van der Waals surface area contributed by atoms with Gasteiger partial charge in [-0.3, -0.25) is 0 Å². The summed E-state index contributed by atoms with van der Waals surface area (Å²) in [4.78, 5) is 0. The van der Waals surface area contributed by atoms with Crippen LogP contribution in [0.15, 0.2) is 24.3 Å². The molecule has 1 atom stereocenters. The van der Waals surface area contributed by atoms with Gasteiger partial charge < -0.3 is 20.1 Å². The zero-order valence-corrected chi connectivity index (χ0v) is 11.7. The van der Waals surface area contributed by atoms with E-state index in [1.165, 1.54) is 19.4 Å². The van der Waals surface area contributed by atoms with Crippen molar-refractivity contribution in [3.05, 3.63) is 24.3 Å². The second-order valence-corrected chi connectivity index (χ2v) is 4.96. The van der Waals surface area contributed by atoms with Crippen molar-refractivity contribution in [2.24, 2.45) is 5.92 Å². The van der Waals surface area contributed by atoms with Gasteiger partial charge in [-0.1, -0.05) is 0 Å². The van der Waals surface area contributed by atoms with E-state index in [2.05, 4.69) is 22.8 Å². The molecule has 0 aliphatic carbocycles. The predicted molar refractivity (Wildman–Crippen MR) is 77.9 cm³/mol. The van der Waals surface area contributed by atoms with Gasteiger partial charge in [0.15, 0.2) is 0 Å². The predicted octanol–water partition coefficient (Wildman–Crippen LogP) is 2.12. The largest absolute Gasteiger partial charge is 0.491 e. The monoisotopic (exact) mass is 264 g/mol. The normalized spacial score (nSPS) is 19.1. The van der Waals surface area contributed by atoms with Gasteiger partial charge in [-0.25, -0.2) is 0 Å². The van der Waals surface area contributed by atoms with Crippen LogP contribution in [0.2, 0.25) is 0 Å². The zero-order valence-electron chi connectivity index (χ0n) is 11.7. The van der Waals surface area contributed by atoms with Gasteiger partial charge in [0.2, 0.25) is 0 Å². The third kappa shape index (κ3) is 5.09. The van der Waals surface area contributed by atoms with Gasteiger partial charge in [-0.15, -0.1) is 0 Å². The molecule has 4 nitrogen and oxygen atoms in total. The third-order valence-electron chi connectivity index (χ3n) is 3.40. The number of benzene rings is 1. The van der Waals surface area contributed by atoms with E-state index < -0.39 is 0 Å². The quantitative estimate of drug-likeness (QED) is 0.740. The lowest BCUT2D eigenvalue weighted by Crippen LogP contribution is -2.33. The van der Waals surface area contributed by atoms with Crippen LogP contribution in [-0.4, -0.2) is 40.0 Å². The molecule has 1 aromatic carbocycles. The third-order valence-corrected chi connectivity index (χ3v) is 3.40. The van der Waals surface area contributed by atoms with Crippen molar-refractivity contribution >= 4 is 5.69 Å². The Labute approximate surface area is 115 Å². The summed E-state index contributed by atoms with van der Waals surface area (Å²) in [5, 5.41) is 6.93. The number of anilines is 1. The Balaban J connectivity index is 1.71. The molecule has 0 aromatic heterocycles. The number of piperidine rings is 1. The summed E-state index contributed by atoms with van der Waals surface area (Å²) in [6, 6.07) is 8.13. The number of rotatable bonds is 7. The molecule has 0 saturated carbocycles. The van der Waals surface area contributed by atoms with Gasteiger partial charge >= 0.3 is 0 Å². The number of ether oxygens (including phenoxy) is 2. The summed E-state index contributed by atoms with van der Waals surface area (Å²) in [5.74, 6) is 1.63. The van der Waals surface area contributed by atoms with E-state index in [1.807, 2.05) is 12.1 Å². The summed E-state index contributed by atoms with van der Waals surface area (Å²) >= 11 is 0.